The number of rotatable bonds is 3. The van der Waals surface area contributed by atoms with Crippen molar-refractivity contribution in [1.29, 1.82) is 0 Å². The van der Waals surface area contributed by atoms with Gasteiger partial charge >= 0.3 is 5.69 Å². The number of carbonyl (C=O) groups is 1. The number of aromatic nitrogens is 4. The zero-order chi connectivity index (χ0) is 20.1. The van der Waals surface area contributed by atoms with E-state index in [0.29, 0.717) is 16.4 Å². The highest BCUT2D eigenvalue weighted by atomic mass is 35.5. The number of hydrogen-bond donors (Lipinski definition) is 1. The molecule has 1 aromatic carbocycles. The average molecular weight is 428 g/mol. The maximum atomic E-state index is 12.8. The minimum absolute atomic E-state index is 0.196. The number of nitrogens with zero attached hydrogens (tertiary/aromatic N) is 4. The first kappa shape index (κ1) is 18.3. The van der Waals surface area contributed by atoms with E-state index < -0.39 is 0 Å². The molecule has 0 saturated carbocycles. The van der Waals surface area contributed by atoms with Crippen molar-refractivity contribution in [1.82, 2.24) is 19.2 Å². The third kappa shape index (κ3) is 3.12. The lowest BCUT2D eigenvalue weighted by Crippen LogP contribution is -2.28. The van der Waals surface area contributed by atoms with Crippen molar-refractivity contribution in [2.45, 2.75) is 39.2 Å². The van der Waals surface area contributed by atoms with Crippen LogP contribution in [0.2, 0.25) is 5.02 Å². The molecule has 3 aromatic heterocycles. The molecule has 0 saturated heterocycles. The predicted octanol–water partition coefficient (Wildman–Crippen LogP) is 3.59. The Kier molecular flexibility index (Phi) is 4.40. The Morgan fingerprint density at radius 3 is 2.97 bits per heavy atom. The Hall–Kier alpha value is -2.71. The van der Waals surface area contributed by atoms with E-state index >= 15 is 0 Å². The number of fused-ring (bicyclic) bond motifs is 5. The van der Waals surface area contributed by atoms with Crippen molar-refractivity contribution in [3.8, 4) is 0 Å². The van der Waals surface area contributed by atoms with E-state index in [4.69, 9.17) is 11.6 Å². The third-order valence-corrected chi connectivity index (χ3v) is 6.74. The summed E-state index contributed by atoms with van der Waals surface area (Å²) in [5.74, 6) is -0.363. The number of hydrogen-bond acceptors (Lipinski definition) is 5. The minimum atomic E-state index is -0.379. The van der Waals surface area contributed by atoms with Gasteiger partial charge in [0.1, 0.15) is 17.7 Å². The smallest absolute Gasteiger partial charge is 0.323 e. The van der Waals surface area contributed by atoms with Gasteiger partial charge in [0.05, 0.1) is 16.1 Å². The molecule has 1 N–H and O–H groups in total. The molecule has 9 heteroatoms. The fourth-order valence-electron chi connectivity index (χ4n) is 3.83. The van der Waals surface area contributed by atoms with Gasteiger partial charge in [0.25, 0.3) is 0 Å². The van der Waals surface area contributed by atoms with Gasteiger partial charge in [-0.05, 0) is 55.9 Å². The molecule has 0 radical (unpaired) electrons. The summed E-state index contributed by atoms with van der Waals surface area (Å²) in [5.41, 5.74) is 2.95. The second-order valence-corrected chi connectivity index (χ2v) is 8.79. The van der Waals surface area contributed by atoms with E-state index in [-0.39, 0.29) is 18.1 Å². The Morgan fingerprint density at radius 2 is 2.14 bits per heavy atom. The fourth-order valence-corrected chi connectivity index (χ4v) is 5.33. The highest BCUT2D eigenvalue weighted by Gasteiger charge is 2.22. The molecule has 5 rings (SSSR count). The molecule has 0 atom stereocenters. The van der Waals surface area contributed by atoms with E-state index in [2.05, 4.69) is 15.4 Å². The Labute approximate surface area is 174 Å². The molecule has 7 nitrogen and oxygen atoms in total. The van der Waals surface area contributed by atoms with Crippen LogP contribution in [-0.4, -0.2) is 25.1 Å². The van der Waals surface area contributed by atoms with Crippen molar-refractivity contribution >= 4 is 50.4 Å². The molecular formula is C20H18ClN5O2S. The van der Waals surface area contributed by atoms with Gasteiger partial charge in [-0.1, -0.05) is 17.7 Å². The van der Waals surface area contributed by atoms with Gasteiger partial charge < -0.3 is 5.32 Å². The lowest BCUT2D eigenvalue weighted by Gasteiger charge is -2.09. The van der Waals surface area contributed by atoms with E-state index in [1.54, 1.807) is 23.5 Å². The number of halogens is 1. The second-order valence-electron chi connectivity index (χ2n) is 7.30. The largest absolute Gasteiger partial charge is 0.352 e. The summed E-state index contributed by atoms with van der Waals surface area (Å²) in [5, 5.41) is 8.63. The Bertz CT molecular complexity index is 1340. The number of aryl methyl sites for hydroxylation is 3. The van der Waals surface area contributed by atoms with Gasteiger partial charge in [0, 0.05) is 4.88 Å². The van der Waals surface area contributed by atoms with Crippen LogP contribution >= 0.6 is 22.9 Å². The molecule has 1 aliphatic rings. The molecule has 0 aliphatic heterocycles. The van der Waals surface area contributed by atoms with Crippen LogP contribution in [-0.2, 0) is 24.2 Å². The van der Waals surface area contributed by atoms with Crippen LogP contribution in [0.1, 0.15) is 28.8 Å². The quantitative estimate of drug-likeness (QED) is 0.541. The lowest BCUT2D eigenvalue weighted by molar-refractivity contribution is -0.117. The Morgan fingerprint density at radius 1 is 1.31 bits per heavy atom. The summed E-state index contributed by atoms with van der Waals surface area (Å²) >= 11 is 7.86. The summed E-state index contributed by atoms with van der Waals surface area (Å²) < 4.78 is 2.61. The van der Waals surface area contributed by atoms with Gasteiger partial charge in [0.2, 0.25) is 5.91 Å². The van der Waals surface area contributed by atoms with Crippen molar-refractivity contribution in [3.05, 3.63) is 56.0 Å². The molecule has 3 heterocycles. The molecular weight excluding hydrogens is 410 g/mol. The summed E-state index contributed by atoms with van der Waals surface area (Å²) in [7, 11) is 0. The van der Waals surface area contributed by atoms with Crippen molar-refractivity contribution in [3.63, 3.8) is 0 Å². The molecule has 0 unspecified atom stereocenters. The molecule has 4 aromatic rings. The number of carbonyl (C=O) groups excluding carboxylic acids is 1. The standard InChI is InChI=1S/C20H18ClN5O2S/c1-11-6-7-14(13(21)8-11)23-16(27)9-26-20(28)25-10-22-19-17(18(25)24-26)12-4-2-3-5-15(12)29-19/h6-8,10H,2-5,9H2,1H3,(H,23,27). The maximum Gasteiger partial charge on any atom is 0.352 e. The summed E-state index contributed by atoms with van der Waals surface area (Å²) in [6.45, 7) is 1.73. The summed E-state index contributed by atoms with van der Waals surface area (Å²) in [6.07, 6.45) is 5.83. The van der Waals surface area contributed by atoms with Gasteiger partial charge in [-0.25, -0.2) is 18.9 Å². The van der Waals surface area contributed by atoms with Crippen LogP contribution < -0.4 is 11.0 Å². The van der Waals surface area contributed by atoms with Gasteiger partial charge in [-0.2, -0.15) is 0 Å². The molecule has 1 aliphatic carbocycles. The third-order valence-electron chi connectivity index (χ3n) is 5.23. The van der Waals surface area contributed by atoms with E-state index in [1.165, 1.54) is 32.3 Å². The molecule has 0 spiro atoms. The number of anilines is 1. The highest BCUT2D eigenvalue weighted by molar-refractivity contribution is 7.19. The zero-order valence-corrected chi connectivity index (χ0v) is 17.3. The number of amides is 1. The van der Waals surface area contributed by atoms with Crippen molar-refractivity contribution in [2.24, 2.45) is 0 Å². The summed E-state index contributed by atoms with van der Waals surface area (Å²) in [4.78, 5) is 32.0. The fraction of sp³-hybridized carbons (Fsp3) is 0.300. The first-order chi connectivity index (χ1) is 14.0. The van der Waals surface area contributed by atoms with Gasteiger partial charge in [-0.15, -0.1) is 16.4 Å². The van der Waals surface area contributed by atoms with Gasteiger partial charge in [0.15, 0.2) is 5.65 Å². The van der Waals surface area contributed by atoms with Crippen LogP contribution in [0.3, 0.4) is 0 Å². The van der Waals surface area contributed by atoms with Crippen LogP contribution in [0.4, 0.5) is 5.69 Å². The van der Waals surface area contributed by atoms with Crippen LogP contribution in [0, 0.1) is 6.92 Å². The molecule has 0 fully saturated rings. The molecule has 1 amide bonds. The predicted molar refractivity (Wildman–Crippen MR) is 114 cm³/mol. The topological polar surface area (TPSA) is 81.3 Å². The zero-order valence-electron chi connectivity index (χ0n) is 15.7. The van der Waals surface area contributed by atoms with Gasteiger partial charge in [-0.3, -0.25) is 4.79 Å². The molecule has 29 heavy (non-hydrogen) atoms. The van der Waals surface area contributed by atoms with Crippen LogP contribution in [0.15, 0.2) is 29.3 Å². The summed E-state index contributed by atoms with van der Waals surface area (Å²) in [6, 6.07) is 5.38. The monoisotopic (exact) mass is 427 g/mol. The Balaban J connectivity index is 1.51. The minimum Gasteiger partial charge on any atom is -0.323 e. The van der Waals surface area contributed by atoms with E-state index in [9.17, 15) is 9.59 Å². The average Bonchev–Trinajstić information content (AvgIpc) is 3.22. The lowest BCUT2D eigenvalue weighted by atomic mass is 9.97. The maximum absolute atomic E-state index is 12.8. The molecule has 0 bridgehead atoms. The number of thiophene rings is 1. The first-order valence-electron chi connectivity index (χ1n) is 9.45. The number of benzene rings is 1. The van der Waals surface area contributed by atoms with Crippen LogP contribution in [0.5, 0.6) is 0 Å². The van der Waals surface area contributed by atoms with Crippen molar-refractivity contribution < 1.29 is 4.79 Å². The van der Waals surface area contributed by atoms with Crippen molar-refractivity contribution in [2.75, 3.05) is 5.32 Å². The van der Waals surface area contributed by atoms with Crippen LogP contribution in [0.25, 0.3) is 15.9 Å². The van der Waals surface area contributed by atoms with E-state index in [1.807, 2.05) is 13.0 Å². The highest BCUT2D eigenvalue weighted by Crippen LogP contribution is 2.36. The first-order valence-corrected chi connectivity index (χ1v) is 10.6. The molecule has 148 valence electrons. The SMILES string of the molecule is Cc1ccc(NC(=O)Cn2nc3c4c5c(sc4ncn3c2=O)CCCC5)c(Cl)c1. The number of nitrogens with one attached hydrogen (secondary N) is 1. The normalized spacial score (nSPS) is 13.7. The second kappa shape index (κ2) is 6.96. The van der Waals surface area contributed by atoms with E-state index in [0.717, 1.165) is 35.0 Å².